The second-order valence-electron chi connectivity index (χ2n) is 7.16. The van der Waals surface area contributed by atoms with Crippen molar-refractivity contribution in [2.24, 2.45) is 5.92 Å². The van der Waals surface area contributed by atoms with Gasteiger partial charge in [-0.25, -0.2) is 0 Å². The van der Waals surface area contributed by atoms with Gasteiger partial charge in [-0.05, 0) is 49.8 Å². The van der Waals surface area contributed by atoms with E-state index in [9.17, 15) is 13.0 Å². The minimum Gasteiger partial charge on any atom is -0.296 e. The summed E-state index contributed by atoms with van der Waals surface area (Å²) in [6.07, 6.45) is 1.71. The lowest BCUT2D eigenvalue weighted by molar-refractivity contribution is 0.255. The Morgan fingerprint density at radius 3 is 2.56 bits per heavy atom. The molecule has 1 saturated heterocycles. The van der Waals surface area contributed by atoms with Crippen molar-refractivity contribution in [3.05, 3.63) is 65.2 Å². The maximum atomic E-state index is 11.7. The first-order valence-electron chi connectivity index (χ1n) is 8.68. The van der Waals surface area contributed by atoms with Gasteiger partial charge in [0.2, 0.25) is 0 Å². The summed E-state index contributed by atoms with van der Waals surface area (Å²) in [5.41, 5.74) is 3.03. The van der Waals surface area contributed by atoms with Crippen LogP contribution in [0.4, 0.5) is 0 Å². The summed E-state index contributed by atoms with van der Waals surface area (Å²) >= 11 is 0. The van der Waals surface area contributed by atoms with Crippen LogP contribution in [0.1, 0.15) is 30.0 Å². The zero-order valence-corrected chi connectivity index (χ0v) is 15.5. The predicted octanol–water partition coefficient (Wildman–Crippen LogP) is 3.69. The topological polar surface area (TPSA) is 57.6 Å². The molecule has 5 heteroatoms. The molecule has 134 valence electrons. The summed E-state index contributed by atoms with van der Waals surface area (Å²) in [6, 6.07) is 16.0. The molecule has 4 nitrogen and oxygen atoms in total. The van der Waals surface area contributed by atoms with Crippen LogP contribution in [0.25, 0.3) is 0 Å². The molecule has 0 radical (unpaired) electrons. The summed E-state index contributed by atoms with van der Waals surface area (Å²) in [4.78, 5) is 2.50. The third kappa shape index (κ3) is 4.48. The fourth-order valence-electron chi connectivity index (χ4n) is 3.83. The Hall–Kier alpha value is -1.69. The van der Waals surface area contributed by atoms with Gasteiger partial charge in [0.05, 0.1) is 4.90 Å². The van der Waals surface area contributed by atoms with Crippen molar-refractivity contribution in [3.63, 3.8) is 0 Å². The zero-order valence-electron chi connectivity index (χ0n) is 14.7. The maximum absolute atomic E-state index is 11.7. The number of rotatable bonds is 5. The average Bonchev–Trinajstić information content (AvgIpc) is 2.86. The normalized spacial score (nSPS) is 21.6. The molecule has 2 aromatic carbocycles. The van der Waals surface area contributed by atoms with Crippen LogP contribution in [0.3, 0.4) is 0 Å². The Bertz CT molecular complexity index is 833. The van der Waals surface area contributed by atoms with E-state index >= 15 is 0 Å². The van der Waals surface area contributed by atoms with Crippen molar-refractivity contribution < 1.29 is 13.0 Å². The molecular weight excluding hydrogens is 334 g/mol. The number of nitrogens with zero attached hydrogens (tertiary/aromatic N) is 1. The molecule has 0 aromatic heterocycles. The number of aryl methyl sites for hydroxylation is 1. The molecule has 1 aliphatic heterocycles. The molecule has 0 bridgehead atoms. The lowest BCUT2D eigenvalue weighted by atomic mass is 9.96. The Balaban J connectivity index is 1.74. The van der Waals surface area contributed by atoms with Crippen LogP contribution in [0.2, 0.25) is 0 Å². The lowest BCUT2D eigenvalue weighted by Crippen LogP contribution is -2.26. The summed E-state index contributed by atoms with van der Waals surface area (Å²) in [5.74, 6) is 0.390. The van der Waals surface area contributed by atoms with Crippen LogP contribution < -0.4 is 0 Å². The third-order valence-electron chi connectivity index (χ3n) is 5.02. The van der Waals surface area contributed by atoms with E-state index in [1.54, 1.807) is 6.07 Å². The van der Waals surface area contributed by atoms with E-state index < -0.39 is 10.1 Å². The van der Waals surface area contributed by atoms with Gasteiger partial charge < -0.3 is 0 Å². The second kappa shape index (κ2) is 7.28. The van der Waals surface area contributed by atoms with Crippen LogP contribution in [-0.2, 0) is 23.1 Å². The fraction of sp³-hybridized carbons (Fsp3) is 0.400. The van der Waals surface area contributed by atoms with Gasteiger partial charge in [-0.3, -0.25) is 9.45 Å². The molecule has 2 unspecified atom stereocenters. The smallest absolute Gasteiger partial charge is 0.294 e. The Morgan fingerprint density at radius 2 is 1.88 bits per heavy atom. The van der Waals surface area contributed by atoms with Gasteiger partial charge in [-0.1, -0.05) is 48.0 Å². The van der Waals surface area contributed by atoms with Gasteiger partial charge in [0.15, 0.2) is 0 Å². The molecule has 2 atom stereocenters. The second-order valence-corrected chi connectivity index (χ2v) is 8.55. The van der Waals surface area contributed by atoms with Gasteiger partial charge in [-0.2, -0.15) is 8.42 Å². The van der Waals surface area contributed by atoms with Crippen molar-refractivity contribution in [2.75, 3.05) is 6.54 Å². The van der Waals surface area contributed by atoms with Gasteiger partial charge in [-0.15, -0.1) is 0 Å². The molecular formula is C20H25NO3S. The minimum absolute atomic E-state index is 0.0484. The van der Waals surface area contributed by atoms with Crippen molar-refractivity contribution in [1.29, 1.82) is 0 Å². The van der Waals surface area contributed by atoms with Gasteiger partial charge >= 0.3 is 0 Å². The highest BCUT2D eigenvalue weighted by Crippen LogP contribution is 2.30. The molecule has 0 saturated carbocycles. The summed E-state index contributed by atoms with van der Waals surface area (Å²) < 4.78 is 32.8. The Morgan fingerprint density at radius 1 is 1.16 bits per heavy atom. The molecule has 1 heterocycles. The minimum atomic E-state index is -4.18. The SMILES string of the molecule is Cc1ccc(S(=O)(=O)O)c(CC2CC(C)N(Cc3ccccc3)C2)c1. The van der Waals surface area contributed by atoms with E-state index in [1.165, 1.54) is 11.6 Å². The number of hydrogen-bond acceptors (Lipinski definition) is 3. The fourth-order valence-corrected chi connectivity index (χ4v) is 4.55. The van der Waals surface area contributed by atoms with E-state index in [0.717, 1.165) is 30.6 Å². The van der Waals surface area contributed by atoms with E-state index in [1.807, 2.05) is 19.1 Å². The van der Waals surface area contributed by atoms with E-state index in [4.69, 9.17) is 0 Å². The molecule has 0 spiro atoms. The largest absolute Gasteiger partial charge is 0.296 e. The molecule has 25 heavy (non-hydrogen) atoms. The van der Waals surface area contributed by atoms with Crippen LogP contribution in [0.15, 0.2) is 53.4 Å². The van der Waals surface area contributed by atoms with Crippen LogP contribution in [0.5, 0.6) is 0 Å². The van der Waals surface area contributed by atoms with E-state index in [2.05, 4.69) is 36.1 Å². The highest BCUT2D eigenvalue weighted by Gasteiger charge is 2.30. The first-order chi connectivity index (χ1) is 11.8. The Labute approximate surface area is 150 Å². The lowest BCUT2D eigenvalue weighted by Gasteiger charge is -2.21. The third-order valence-corrected chi connectivity index (χ3v) is 5.98. The summed E-state index contributed by atoms with van der Waals surface area (Å²) in [5, 5.41) is 0. The van der Waals surface area contributed by atoms with Gasteiger partial charge in [0.25, 0.3) is 10.1 Å². The quantitative estimate of drug-likeness (QED) is 0.827. The molecule has 0 amide bonds. The van der Waals surface area contributed by atoms with Crippen LogP contribution in [0, 0.1) is 12.8 Å². The van der Waals surface area contributed by atoms with Crippen molar-refractivity contribution in [3.8, 4) is 0 Å². The summed E-state index contributed by atoms with van der Waals surface area (Å²) in [7, 11) is -4.18. The number of hydrogen-bond donors (Lipinski definition) is 1. The molecule has 2 aromatic rings. The molecule has 1 aliphatic rings. The summed E-state index contributed by atoms with van der Waals surface area (Å²) in [6.45, 7) is 6.02. The molecule has 1 fully saturated rings. The maximum Gasteiger partial charge on any atom is 0.294 e. The highest BCUT2D eigenvalue weighted by molar-refractivity contribution is 7.85. The van der Waals surface area contributed by atoms with Gasteiger partial charge in [0.1, 0.15) is 0 Å². The molecule has 0 aliphatic carbocycles. The molecule has 3 rings (SSSR count). The number of likely N-dealkylation sites (tertiary alicyclic amines) is 1. The standard InChI is InChI=1S/C20H25NO3S/c1-15-8-9-20(25(22,23)24)19(10-15)12-18-11-16(2)21(14-18)13-17-6-4-3-5-7-17/h3-10,16,18H,11-14H2,1-2H3,(H,22,23,24). The van der Waals surface area contributed by atoms with Crippen LogP contribution >= 0.6 is 0 Å². The van der Waals surface area contributed by atoms with E-state index in [0.29, 0.717) is 18.4 Å². The average molecular weight is 359 g/mol. The van der Waals surface area contributed by atoms with Gasteiger partial charge in [0, 0.05) is 19.1 Å². The van der Waals surface area contributed by atoms with Crippen molar-refractivity contribution >= 4 is 10.1 Å². The monoisotopic (exact) mass is 359 g/mol. The number of benzene rings is 2. The first-order valence-corrected chi connectivity index (χ1v) is 10.1. The highest BCUT2D eigenvalue weighted by atomic mass is 32.2. The van der Waals surface area contributed by atoms with Crippen molar-refractivity contribution in [1.82, 2.24) is 4.90 Å². The predicted molar refractivity (Wildman–Crippen MR) is 99.1 cm³/mol. The Kier molecular flexibility index (Phi) is 5.27. The van der Waals surface area contributed by atoms with Crippen molar-refractivity contribution in [2.45, 2.75) is 44.2 Å². The molecule has 1 N–H and O–H groups in total. The van der Waals surface area contributed by atoms with E-state index in [-0.39, 0.29) is 4.90 Å². The first kappa shape index (κ1) is 18.1. The van der Waals surface area contributed by atoms with Crippen LogP contribution in [-0.4, -0.2) is 30.5 Å². The zero-order chi connectivity index (χ0) is 18.0.